The third-order valence-corrected chi connectivity index (χ3v) is 5.35. The Morgan fingerprint density at radius 2 is 1.18 bits per heavy atom. The van der Waals surface area contributed by atoms with Gasteiger partial charge in [0.15, 0.2) is 0 Å². The Labute approximate surface area is 175 Å². The summed E-state index contributed by atoms with van der Waals surface area (Å²) in [6.45, 7) is 4.11. The van der Waals surface area contributed by atoms with Gasteiger partial charge in [0.1, 0.15) is 0 Å². The Hall–Kier alpha value is -0.830. The van der Waals surface area contributed by atoms with Crippen LogP contribution in [0, 0.1) is 0 Å². The van der Waals surface area contributed by atoms with Gasteiger partial charge in [0, 0.05) is 12.5 Å². The summed E-state index contributed by atoms with van der Waals surface area (Å²) in [6, 6.07) is -0.122. The molecule has 0 bridgehead atoms. The SMILES string of the molecule is CCCCCCCC/C=C\CCCCCCCCCCCC(=O)N[C@H](C)CO. The minimum atomic E-state index is -0.122. The molecule has 0 aliphatic heterocycles. The van der Waals surface area contributed by atoms with Crippen LogP contribution in [0.1, 0.15) is 129 Å². The molecule has 0 radical (unpaired) electrons. The van der Waals surface area contributed by atoms with Crippen molar-refractivity contribution < 1.29 is 9.90 Å². The van der Waals surface area contributed by atoms with Gasteiger partial charge in [0.05, 0.1) is 6.61 Å². The number of hydrogen-bond donors (Lipinski definition) is 2. The summed E-state index contributed by atoms with van der Waals surface area (Å²) in [5.74, 6) is 0.0718. The minimum absolute atomic E-state index is 0.0151. The minimum Gasteiger partial charge on any atom is -0.394 e. The van der Waals surface area contributed by atoms with Crippen molar-refractivity contribution in [3.63, 3.8) is 0 Å². The lowest BCUT2D eigenvalue weighted by atomic mass is 10.1. The predicted octanol–water partition coefficient (Wildman–Crippen LogP) is 7.08. The number of amides is 1. The molecule has 0 aliphatic carbocycles. The number of aliphatic hydroxyl groups is 1. The summed E-state index contributed by atoms with van der Waals surface area (Å²) >= 11 is 0. The standard InChI is InChI=1S/C25H49NO2/c1-3-4-5-6-7-8-9-10-11-12-13-14-15-16-17-18-19-20-21-22-25(28)26-24(2)23-27/h10-11,24,27H,3-9,12-23H2,1-2H3,(H,26,28)/b11-10-/t24-/m1/s1. The first-order valence-electron chi connectivity index (χ1n) is 12.3. The fourth-order valence-electron chi connectivity index (χ4n) is 3.46. The average molecular weight is 396 g/mol. The molecule has 0 spiro atoms. The molecule has 3 heteroatoms. The summed E-state index contributed by atoms with van der Waals surface area (Å²) in [6.07, 6.45) is 27.7. The Kier molecular flexibility index (Phi) is 21.8. The fraction of sp³-hybridized carbons (Fsp3) is 0.880. The third kappa shape index (κ3) is 21.5. The van der Waals surface area contributed by atoms with Gasteiger partial charge in [-0.3, -0.25) is 4.79 Å². The zero-order chi connectivity index (χ0) is 20.7. The molecular formula is C25H49NO2. The number of rotatable bonds is 21. The molecule has 28 heavy (non-hydrogen) atoms. The van der Waals surface area contributed by atoms with Crippen LogP contribution in [0.15, 0.2) is 12.2 Å². The number of nitrogens with one attached hydrogen (secondary N) is 1. The van der Waals surface area contributed by atoms with Crippen molar-refractivity contribution >= 4 is 5.91 Å². The van der Waals surface area contributed by atoms with Crippen molar-refractivity contribution in [1.29, 1.82) is 0 Å². The molecule has 0 rings (SSSR count). The number of carbonyl (C=O) groups excluding carboxylic acids is 1. The fourth-order valence-corrected chi connectivity index (χ4v) is 3.46. The van der Waals surface area contributed by atoms with E-state index in [2.05, 4.69) is 24.4 Å². The molecule has 2 N–H and O–H groups in total. The van der Waals surface area contributed by atoms with Crippen LogP contribution in [0.5, 0.6) is 0 Å². The molecule has 0 aliphatic rings. The van der Waals surface area contributed by atoms with E-state index in [0.717, 1.165) is 12.8 Å². The second-order valence-electron chi connectivity index (χ2n) is 8.40. The van der Waals surface area contributed by atoms with Crippen LogP contribution in [-0.4, -0.2) is 23.7 Å². The summed E-state index contributed by atoms with van der Waals surface area (Å²) in [4.78, 5) is 11.6. The smallest absolute Gasteiger partial charge is 0.220 e. The highest BCUT2D eigenvalue weighted by Gasteiger charge is 2.05. The number of carbonyl (C=O) groups is 1. The average Bonchev–Trinajstić information content (AvgIpc) is 2.69. The van der Waals surface area contributed by atoms with Gasteiger partial charge >= 0.3 is 0 Å². The lowest BCUT2D eigenvalue weighted by Crippen LogP contribution is -2.34. The van der Waals surface area contributed by atoms with E-state index in [1.165, 1.54) is 96.3 Å². The Morgan fingerprint density at radius 3 is 1.64 bits per heavy atom. The zero-order valence-corrected chi connectivity index (χ0v) is 19.0. The zero-order valence-electron chi connectivity index (χ0n) is 19.0. The molecule has 1 amide bonds. The molecule has 3 nitrogen and oxygen atoms in total. The highest BCUT2D eigenvalue weighted by atomic mass is 16.3. The summed E-state index contributed by atoms with van der Waals surface area (Å²) in [7, 11) is 0. The number of hydrogen-bond acceptors (Lipinski definition) is 2. The lowest BCUT2D eigenvalue weighted by Gasteiger charge is -2.10. The molecule has 0 fully saturated rings. The Morgan fingerprint density at radius 1 is 0.750 bits per heavy atom. The van der Waals surface area contributed by atoms with Crippen molar-refractivity contribution in [2.75, 3.05) is 6.61 Å². The summed E-state index contributed by atoms with van der Waals surface area (Å²) in [5, 5.41) is 11.7. The van der Waals surface area contributed by atoms with Gasteiger partial charge in [-0.05, 0) is 39.0 Å². The molecule has 0 heterocycles. The number of unbranched alkanes of at least 4 members (excludes halogenated alkanes) is 15. The van der Waals surface area contributed by atoms with Gasteiger partial charge in [0.25, 0.3) is 0 Å². The van der Waals surface area contributed by atoms with Crippen LogP contribution in [0.3, 0.4) is 0 Å². The first-order valence-corrected chi connectivity index (χ1v) is 12.3. The van der Waals surface area contributed by atoms with E-state index in [-0.39, 0.29) is 18.6 Å². The highest BCUT2D eigenvalue weighted by molar-refractivity contribution is 5.76. The molecule has 0 aromatic rings. The van der Waals surface area contributed by atoms with Crippen LogP contribution in [0.2, 0.25) is 0 Å². The number of allylic oxidation sites excluding steroid dienone is 2. The normalized spacial score (nSPS) is 12.5. The van der Waals surface area contributed by atoms with Crippen LogP contribution < -0.4 is 5.32 Å². The van der Waals surface area contributed by atoms with E-state index in [9.17, 15) is 4.79 Å². The van der Waals surface area contributed by atoms with E-state index < -0.39 is 0 Å². The van der Waals surface area contributed by atoms with Gasteiger partial charge in [-0.1, -0.05) is 96.1 Å². The van der Waals surface area contributed by atoms with E-state index >= 15 is 0 Å². The van der Waals surface area contributed by atoms with Crippen molar-refractivity contribution in [1.82, 2.24) is 5.32 Å². The Bertz CT molecular complexity index is 354. The van der Waals surface area contributed by atoms with Gasteiger partial charge in [-0.2, -0.15) is 0 Å². The molecule has 0 aromatic heterocycles. The van der Waals surface area contributed by atoms with E-state index in [1.54, 1.807) is 0 Å². The molecule has 166 valence electrons. The monoisotopic (exact) mass is 395 g/mol. The molecule has 0 saturated heterocycles. The van der Waals surface area contributed by atoms with E-state index in [4.69, 9.17) is 5.11 Å². The van der Waals surface area contributed by atoms with Gasteiger partial charge < -0.3 is 10.4 Å². The van der Waals surface area contributed by atoms with Crippen LogP contribution >= 0.6 is 0 Å². The first-order chi connectivity index (χ1) is 13.7. The first kappa shape index (κ1) is 27.2. The third-order valence-electron chi connectivity index (χ3n) is 5.35. The topological polar surface area (TPSA) is 49.3 Å². The van der Waals surface area contributed by atoms with Crippen molar-refractivity contribution in [2.45, 2.75) is 135 Å². The predicted molar refractivity (Wildman–Crippen MR) is 123 cm³/mol. The van der Waals surface area contributed by atoms with Crippen LogP contribution in [-0.2, 0) is 4.79 Å². The molecule has 0 unspecified atom stereocenters. The maximum absolute atomic E-state index is 11.6. The Balaban J connectivity index is 3.17. The van der Waals surface area contributed by atoms with E-state index in [1.807, 2.05) is 6.92 Å². The second-order valence-corrected chi connectivity index (χ2v) is 8.40. The largest absolute Gasteiger partial charge is 0.394 e. The summed E-state index contributed by atoms with van der Waals surface area (Å²) < 4.78 is 0. The lowest BCUT2D eigenvalue weighted by molar-refractivity contribution is -0.122. The quantitative estimate of drug-likeness (QED) is 0.161. The maximum Gasteiger partial charge on any atom is 0.220 e. The summed E-state index contributed by atoms with van der Waals surface area (Å²) in [5.41, 5.74) is 0. The van der Waals surface area contributed by atoms with Crippen molar-refractivity contribution in [3.8, 4) is 0 Å². The highest BCUT2D eigenvalue weighted by Crippen LogP contribution is 2.12. The maximum atomic E-state index is 11.6. The van der Waals surface area contributed by atoms with Crippen molar-refractivity contribution in [2.24, 2.45) is 0 Å². The molecule has 0 saturated carbocycles. The van der Waals surface area contributed by atoms with Crippen LogP contribution in [0.25, 0.3) is 0 Å². The van der Waals surface area contributed by atoms with Gasteiger partial charge in [-0.15, -0.1) is 0 Å². The van der Waals surface area contributed by atoms with E-state index in [0.29, 0.717) is 6.42 Å². The van der Waals surface area contributed by atoms with Gasteiger partial charge in [0.2, 0.25) is 5.91 Å². The number of aliphatic hydroxyl groups excluding tert-OH is 1. The molecule has 0 aromatic carbocycles. The second kappa shape index (κ2) is 22.5. The molecule has 1 atom stereocenters. The van der Waals surface area contributed by atoms with Crippen LogP contribution in [0.4, 0.5) is 0 Å². The van der Waals surface area contributed by atoms with Gasteiger partial charge in [-0.25, -0.2) is 0 Å². The molecular weight excluding hydrogens is 346 g/mol. The van der Waals surface area contributed by atoms with Crippen molar-refractivity contribution in [3.05, 3.63) is 12.2 Å².